The van der Waals surface area contributed by atoms with E-state index < -0.39 is 16.1 Å². The Morgan fingerprint density at radius 1 is 0.806 bits per heavy atom. The van der Waals surface area contributed by atoms with Gasteiger partial charge in [-0.1, -0.05) is 72.3 Å². The number of hydrogen-bond acceptors (Lipinski definition) is 3. The van der Waals surface area contributed by atoms with E-state index in [1.165, 1.54) is 4.31 Å². The van der Waals surface area contributed by atoms with Crippen LogP contribution in [0.15, 0.2) is 114 Å². The molecule has 6 heteroatoms. The van der Waals surface area contributed by atoms with Gasteiger partial charge in [-0.15, -0.1) is 0 Å². The van der Waals surface area contributed by atoms with Crippen molar-refractivity contribution in [1.82, 2.24) is 0 Å². The van der Waals surface area contributed by atoms with Gasteiger partial charge in [-0.3, -0.25) is 9.10 Å². The Hall–Kier alpha value is -3.90. The van der Waals surface area contributed by atoms with Crippen LogP contribution in [0.25, 0.3) is 0 Å². The predicted octanol–water partition coefficient (Wildman–Crippen LogP) is 6.37. The van der Waals surface area contributed by atoms with Crippen molar-refractivity contribution in [3.63, 3.8) is 0 Å². The Balaban J connectivity index is 1.65. The van der Waals surface area contributed by atoms with Gasteiger partial charge in [-0.2, -0.15) is 0 Å². The van der Waals surface area contributed by atoms with E-state index in [1.807, 2.05) is 111 Å². The van der Waals surface area contributed by atoms with E-state index in [0.717, 1.165) is 16.8 Å². The van der Waals surface area contributed by atoms with Crippen LogP contribution in [0.5, 0.6) is 0 Å². The summed E-state index contributed by atoms with van der Waals surface area (Å²) in [7, 11) is -3.90. The van der Waals surface area contributed by atoms with Gasteiger partial charge in [0.2, 0.25) is 0 Å². The lowest BCUT2D eigenvalue weighted by molar-refractivity contribution is 0.0974. The van der Waals surface area contributed by atoms with Gasteiger partial charge in [0.25, 0.3) is 15.9 Å². The summed E-state index contributed by atoms with van der Waals surface area (Å²) in [5.74, 6) is -0.0957. The summed E-state index contributed by atoms with van der Waals surface area (Å²) in [6, 6.07) is 32.2. The van der Waals surface area contributed by atoms with E-state index in [0.29, 0.717) is 17.7 Å². The second-order valence-electron chi connectivity index (χ2n) is 9.15. The molecule has 5 rings (SSSR count). The smallest absolute Gasteiger partial charge is 0.264 e. The van der Waals surface area contributed by atoms with Gasteiger partial charge in [0.05, 0.1) is 16.6 Å². The summed E-state index contributed by atoms with van der Waals surface area (Å²) in [5, 5.41) is 0. The minimum Gasteiger partial charge on any atom is -0.305 e. The first-order valence-electron chi connectivity index (χ1n) is 12.0. The number of fused-ring (bicyclic) bond motifs is 1. The Kier molecular flexibility index (Phi) is 6.37. The van der Waals surface area contributed by atoms with Gasteiger partial charge in [-0.25, -0.2) is 8.42 Å². The number of carbonyl (C=O) groups excluding carboxylic acids is 1. The highest BCUT2D eigenvalue weighted by atomic mass is 32.2. The monoisotopic (exact) mass is 496 g/mol. The standard InChI is InChI=1S/C30H28N2O3S/c1-22-17-19-26(20-18-22)36(34,35)32(25-13-7-4-8-14-25)29-21-23(2)31(28-16-10-9-15-27(28)29)30(33)24-11-5-3-6-12-24/h3-20,23,29H,21H2,1-2H3/t23-,29+/m1/s1. The van der Waals surface area contributed by atoms with Crippen molar-refractivity contribution in [1.29, 1.82) is 0 Å². The van der Waals surface area contributed by atoms with E-state index in [4.69, 9.17) is 0 Å². The number of aryl methyl sites for hydroxylation is 1. The molecule has 0 bridgehead atoms. The summed E-state index contributed by atoms with van der Waals surface area (Å²) in [6.07, 6.45) is 0.454. The van der Waals surface area contributed by atoms with Crippen LogP contribution < -0.4 is 9.21 Å². The molecule has 0 radical (unpaired) electrons. The number of rotatable bonds is 5. The van der Waals surface area contributed by atoms with Crippen molar-refractivity contribution >= 4 is 27.3 Å². The highest BCUT2D eigenvalue weighted by Gasteiger charge is 2.41. The fraction of sp³-hybridized carbons (Fsp3) is 0.167. The average molecular weight is 497 g/mol. The van der Waals surface area contributed by atoms with Crippen LogP contribution in [0.2, 0.25) is 0 Å². The molecule has 4 aromatic carbocycles. The molecule has 0 aromatic heterocycles. The van der Waals surface area contributed by atoms with E-state index in [1.54, 1.807) is 17.0 Å². The zero-order valence-corrected chi connectivity index (χ0v) is 21.1. The SMILES string of the molecule is Cc1ccc(S(=O)(=O)N(c2ccccc2)[C@H]2C[C@@H](C)N(C(=O)c3ccccc3)c3ccccc32)cc1. The summed E-state index contributed by atoms with van der Waals surface area (Å²) < 4.78 is 29.8. The van der Waals surface area contributed by atoms with Gasteiger partial charge < -0.3 is 4.90 Å². The van der Waals surface area contributed by atoms with Crippen LogP contribution in [0.4, 0.5) is 11.4 Å². The normalized spacial score (nSPS) is 17.3. The third-order valence-corrected chi connectivity index (χ3v) is 8.52. The number of nitrogens with zero attached hydrogens (tertiary/aromatic N) is 2. The van der Waals surface area contributed by atoms with Crippen molar-refractivity contribution in [2.24, 2.45) is 0 Å². The average Bonchev–Trinajstić information content (AvgIpc) is 2.90. The molecule has 4 aromatic rings. The lowest BCUT2D eigenvalue weighted by Crippen LogP contribution is -2.47. The second-order valence-corrected chi connectivity index (χ2v) is 11.0. The quantitative estimate of drug-likeness (QED) is 0.323. The summed E-state index contributed by atoms with van der Waals surface area (Å²) in [6.45, 7) is 3.91. The number of para-hydroxylation sites is 2. The summed E-state index contributed by atoms with van der Waals surface area (Å²) in [4.78, 5) is 15.6. The number of benzene rings is 4. The zero-order chi connectivity index (χ0) is 25.3. The molecule has 0 N–H and O–H groups in total. The maximum absolute atomic E-state index is 14.1. The van der Waals surface area contributed by atoms with E-state index in [-0.39, 0.29) is 16.8 Å². The van der Waals surface area contributed by atoms with Gasteiger partial charge in [0.1, 0.15) is 0 Å². The molecule has 36 heavy (non-hydrogen) atoms. The molecule has 2 atom stereocenters. The molecule has 1 aliphatic heterocycles. The highest BCUT2D eigenvalue weighted by Crippen LogP contribution is 2.44. The topological polar surface area (TPSA) is 57.7 Å². The molecule has 1 amide bonds. The van der Waals surface area contributed by atoms with Crippen molar-refractivity contribution in [3.8, 4) is 0 Å². The van der Waals surface area contributed by atoms with E-state index in [2.05, 4.69) is 0 Å². The fourth-order valence-electron chi connectivity index (χ4n) is 4.92. The second kappa shape index (κ2) is 9.63. The Labute approximate surface area is 212 Å². The van der Waals surface area contributed by atoms with E-state index in [9.17, 15) is 13.2 Å². The van der Waals surface area contributed by atoms with Crippen molar-refractivity contribution in [2.75, 3.05) is 9.21 Å². The van der Waals surface area contributed by atoms with Gasteiger partial charge in [-0.05, 0) is 68.3 Å². The zero-order valence-electron chi connectivity index (χ0n) is 20.3. The minimum atomic E-state index is -3.90. The maximum atomic E-state index is 14.1. The molecular formula is C30H28N2O3S. The Morgan fingerprint density at radius 2 is 1.39 bits per heavy atom. The number of carbonyl (C=O) groups is 1. The lowest BCUT2D eigenvalue weighted by Gasteiger charge is -2.43. The van der Waals surface area contributed by atoms with Crippen LogP contribution in [-0.4, -0.2) is 20.4 Å². The summed E-state index contributed by atoms with van der Waals surface area (Å²) >= 11 is 0. The minimum absolute atomic E-state index is 0.0957. The molecule has 0 saturated heterocycles. The van der Waals surface area contributed by atoms with Crippen LogP contribution in [0, 0.1) is 6.92 Å². The fourth-order valence-corrected chi connectivity index (χ4v) is 6.56. The van der Waals surface area contributed by atoms with Crippen LogP contribution in [-0.2, 0) is 10.0 Å². The lowest BCUT2D eigenvalue weighted by atomic mass is 9.90. The van der Waals surface area contributed by atoms with Crippen molar-refractivity contribution in [3.05, 3.63) is 126 Å². The molecular weight excluding hydrogens is 468 g/mol. The van der Waals surface area contributed by atoms with Gasteiger partial charge in [0, 0.05) is 17.3 Å². The molecule has 0 unspecified atom stereocenters. The molecule has 182 valence electrons. The first kappa shape index (κ1) is 23.8. The third-order valence-electron chi connectivity index (χ3n) is 6.67. The third kappa shape index (κ3) is 4.29. The Bertz CT molecular complexity index is 1470. The van der Waals surface area contributed by atoms with E-state index >= 15 is 0 Å². The van der Waals surface area contributed by atoms with Crippen LogP contribution in [0.1, 0.15) is 40.9 Å². The molecule has 5 nitrogen and oxygen atoms in total. The molecule has 1 heterocycles. The molecule has 0 fully saturated rings. The maximum Gasteiger partial charge on any atom is 0.264 e. The highest BCUT2D eigenvalue weighted by molar-refractivity contribution is 7.92. The molecule has 1 aliphatic rings. The number of amides is 1. The van der Waals surface area contributed by atoms with Gasteiger partial charge >= 0.3 is 0 Å². The van der Waals surface area contributed by atoms with Crippen molar-refractivity contribution < 1.29 is 13.2 Å². The van der Waals surface area contributed by atoms with Crippen LogP contribution in [0.3, 0.4) is 0 Å². The number of sulfonamides is 1. The largest absolute Gasteiger partial charge is 0.305 e. The molecule has 0 spiro atoms. The van der Waals surface area contributed by atoms with Crippen molar-refractivity contribution in [2.45, 2.75) is 37.2 Å². The first-order valence-corrected chi connectivity index (χ1v) is 13.5. The number of hydrogen-bond donors (Lipinski definition) is 0. The first-order chi connectivity index (χ1) is 17.4. The molecule has 0 aliphatic carbocycles. The predicted molar refractivity (Wildman–Crippen MR) is 144 cm³/mol. The van der Waals surface area contributed by atoms with Gasteiger partial charge in [0.15, 0.2) is 0 Å². The Morgan fingerprint density at radius 3 is 2.06 bits per heavy atom. The summed E-state index contributed by atoms with van der Waals surface area (Å²) in [5.41, 5.74) is 3.72. The molecule has 0 saturated carbocycles. The van der Waals surface area contributed by atoms with Crippen LogP contribution >= 0.6 is 0 Å². The number of anilines is 2.